The summed E-state index contributed by atoms with van der Waals surface area (Å²) in [5.41, 5.74) is 1.79. The van der Waals surface area contributed by atoms with Crippen molar-refractivity contribution < 1.29 is 13.9 Å². The van der Waals surface area contributed by atoms with E-state index >= 15 is 0 Å². The van der Waals surface area contributed by atoms with Crippen LogP contribution in [0.4, 0.5) is 4.39 Å². The minimum Gasteiger partial charge on any atom is -0.493 e. The van der Waals surface area contributed by atoms with Gasteiger partial charge < -0.3 is 14.8 Å². The molecule has 0 heterocycles. The van der Waals surface area contributed by atoms with Crippen molar-refractivity contribution in [2.75, 3.05) is 7.11 Å². The second-order valence-electron chi connectivity index (χ2n) is 7.04. The summed E-state index contributed by atoms with van der Waals surface area (Å²) in [5.74, 6) is 1.05. The van der Waals surface area contributed by atoms with E-state index in [9.17, 15) is 4.39 Å². The van der Waals surface area contributed by atoms with E-state index in [0.717, 1.165) is 17.7 Å². The average Bonchev–Trinajstić information content (AvgIpc) is 2.94. The van der Waals surface area contributed by atoms with Crippen LogP contribution in [-0.4, -0.2) is 13.2 Å². The Labute approximate surface area is 165 Å². The summed E-state index contributed by atoms with van der Waals surface area (Å²) in [6, 6.07) is 10.8. The van der Waals surface area contributed by atoms with E-state index in [2.05, 4.69) is 5.32 Å². The van der Waals surface area contributed by atoms with E-state index in [-0.39, 0.29) is 12.4 Å². The van der Waals surface area contributed by atoms with Crippen molar-refractivity contribution in [3.8, 4) is 11.5 Å². The zero-order valence-corrected chi connectivity index (χ0v) is 16.5. The molecule has 0 aliphatic heterocycles. The van der Waals surface area contributed by atoms with Crippen molar-refractivity contribution in [1.29, 1.82) is 0 Å². The fraction of sp³-hybridized carbons (Fsp3) is 0.455. The second-order valence-corrected chi connectivity index (χ2v) is 7.45. The molecule has 2 aromatic rings. The van der Waals surface area contributed by atoms with Gasteiger partial charge >= 0.3 is 0 Å². The average molecular weight is 392 g/mol. The third-order valence-corrected chi connectivity index (χ3v) is 5.46. The van der Waals surface area contributed by atoms with E-state index in [1.807, 2.05) is 18.2 Å². The Morgan fingerprint density at radius 3 is 2.56 bits per heavy atom. The lowest BCUT2D eigenvalue weighted by Crippen LogP contribution is -2.28. The van der Waals surface area contributed by atoms with E-state index in [1.54, 1.807) is 13.2 Å². The smallest absolute Gasteiger partial charge is 0.166 e. The molecule has 0 bridgehead atoms. The Morgan fingerprint density at radius 1 is 1.07 bits per heavy atom. The summed E-state index contributed by atoms with van der Waals surface area (Å²) in [5, 5.41) is 4.04. The molecule has 2 aromatic carbocycles. The van der Waals surface area contributed by atoms with E-state index in [1.165, 1.54) is 50.7 Å². The molecular weight excluding hydrogens is 365 g/mol. The lowest BCUT2D eigenvalue weighted by Gasteiger charge is -2.19. The highest BCUT2D eigenvalue weighted by molar-refractivity contribution is 6.31. The van der Waals surface area contributed by atoms with E-state index < -0.39 is 0 Å². The molecule has 0 saturated heterocycles. The number of rotatable bonds is 7. The van der Waals surface area contributed by atoms with Gasteiger partial charge in [-0.15, -0.1) is 0 Å². The minimum atomic E-state index is -0.352. The zero-order chi connectivity index (χ0) is 19.1. The van der Waals surface area contributed by atoms with Gasteiger partial charge in [0, 0.05) is 23.7 Å². The molecule has 0 aromatic heterocycles. The second kappa shape index (κ2) is 9.95. The van der Waals surface area contributed by atoms with Crippen molar-refractivity contribution in [3.63, 3.8) is 0 Å². The number of hydrogen-bond acceptors (Lipinski definition) is 3. The number of nitrogens with one attached hydrogen (secondary N) is 1. The first-order valence-corrected chi connectivity index (χ1v) is 10.0. The van der Waals surface area contributed by atoms with Gasteiger partial charge in [-0.05, 0) is 31.0 Å². The molecule has 1 N–H and O–H groups in total. The van der Waals surface area contributed by atoms with Crippen molar-refractivity contribution in [2.45, 2.75) is 57.7 Å². The SMILES string of the molecule is COc1cccc(CNC2CCCCCC2)c1OCc1ccc(F)cc1Cl. The highest BCUT2D eigenvalue weighted by Gasteiger charge is 2.15. The van der Waals surface area contributed by atoms with Crippen molar-refractivity contribution in [3.05, 3.63) is 58.4 Å². The molecule has 1 aliphatic rings. The summed E-state index contributed by atoms with van der Waals surface area (Å²) >= 11 is 6.12. The van der Waals surface area contributed by atoms with Gasteiger partial charge in [-0.25, -0.2) is 4.39 Å². The number of para-hydroxylation sites is 1. The van der Waals surface area contributed by atoms with Crippen LogP contribution in [0.2, 0.25) is 5.02 Å². The van der Waals surface area contributed by atoms with Gasteiger partial charge in [-0.3, -0.25) is 0 Å². The van der Waals surface area contributed by atoms with Gasteiger partial charge in [0.05, 0.1) is 12.1 Å². The standard InChI is InChI=1S/C22H27ClFNO2/c1-26-21-10-6-7-16(14-25-19-8-4-2-3-5-9-19)22(21)27-15-17-11-12-18(24)13-20(17)23/h6-7,10-13,19,25H,2-5,8-9,14-15H2,1H3. The fourth-order valence-corrected chi connectivity index (χ4v) is 3.77. The summed E-state index contributed by atoms with van der Waals surface area (Å²) < 4.78 is 24.8. The summed E-state index contributed by atoms with van der Waals surface area (Å²) in [4.78, 5) is 0. The molecule has 3 rings (SSSR count). The first-order chi connectivity index (χ1) is 13.2. The lowest BCUT2D eigenvalue weighted by molar-refractivity contribution is 0.280. The molecule has 27 heavy (non-hydrogen) atoms. The molecule has 0 atom stereocenters. The Bertz CT molecular complexity index is 745. The number of methoxy groups -OCH3 is 1. The van der Waals surface area contributed by atoms with Crippen LogP contribution in [0.25, 0.3) is 0 Å². The third-order valence-electron chi connectivity index (χ3n) is 5.10. The van der Waals surface area contributed by atoms with E-state index in [0.29, 0.717) is 22.6 Å². The normalized spacial score (nSPS) is 15.4. The van der Waals surface area contributed by atoms with Crippen LogP contribution < -0.4 is 14.8 Å². The monoisotopic (exact) mass is 391 g/mol. The topological polar surface area (TPSA) is 30.5 Å². The Hall–Kier alpha value is -1.78. The van der Waals surface area contributed by atoms with Crippen molar-refractivity contribution in [1.82, 2.24) is 5.32 Å². The highest BCUT2D eigenvalue weighted by atomic mass is 35.5. The molecule has 146 valence electrons. The molecule has 0 unspecified atom stereocenters. The largest absolute Gasteiger partial charge is 0.493 e. The van der Waals surface area contributed by atoms with Gasteiger partial charge in [0.1, 0.15) is 12.4 Å². The fourth-order valence-electron chi connectivity index (χ4n) is 3.55. The number of halogens is 2. The van der Waals surface area contributed by atoms with Gasteiger partial charge in [0.2, 0.25) is 0 Å². The van der Waals surface area contributed by atoms with Gasteiger partial charge in [-0.1, -0.05) is 55.5 Å². The first kappa shape index (κ1) is 20.0. The van der Waals surface area contributed by atoms with Gasteiger partial charge in [-0.2, -0.15) is 0 Å². The number of hydrogen-bond donors (Lipinski definition) is 1. The maximum Gasteiger partial charge on any atom is 0.166 e. The molecule has 1 saturated carbocycles. The van der Waals surface area contributed by atoms with Crippen molar-refractivity contribution >= 4 is 11.6 Å². The first-order valence-electron chi connectivity index (χ1n) is 9.63. The molecule has 0 amide bonds. The molecule has 1 fully saturated rings. The maximum atomic E-state index is 13.2. The lowest BCUT2D eigenvalue weighted by atomic mass is 10.1. The van der Waals surface area contributed by atoms with Crippen LogP contribution in [0.15, 0.2) is 36.4 Å². The Morgan fingerprint density at radius 2 is 1.85 bits per heavy atom. The van der Waals surface area contributed by atoms with Crippen LogP contribution in [0.5, 0.6) is 11.5 Å². The number of benzene rings is 2. The van der Waals surface area contributed by atoms with Crippen LogP contribution >= 0.6 is 11.6 Å². The molecule has 5 heteroatoms. The molecule has 0 spiro atoms. The highest BCUT2D eigenvalue weighted by Crippen LogP contribution is 2.33. The van der Waals surface area contributed by atoms with Crippen LogP contribution in [0, 0.1) is 5.82 Å². The Kier molecular flexibility index (Phi) is 7.36. The summed E-state index contributed by atoms with van der Waals surface area (Å²) in [7, 11) is 1.63. The van der Waals surface area contributed by atoms with E-state index in [4.69, 9.17) is 21.1 Å². The summed E-state index contributed by atoms with van der Waals surface area (Å²) in [6.07, 6.45) is 7.72. The van der Waals surface area contributed by atoms with Crippen LogP contribution in [-0.2, 0) is 13.2 Å². The predicted octanol–water partition coefficient (Wildman–Crippen LogP) is 5.88. The summed E-state index contributed by atoms with van der Waals surface area (Å²) in [6.45, 7) is 0.990. The number of ether oxygens (including phenoxy) is 2. The van der Waals surface area contributed by atoms with Gasteiger partial charge in [0.25, 0.3) is 0 Å². The maximum absolute atomic E-state index is 13.2. The quantitative estimate of drug-likeness (QED) is 0.598. The van der Waals surface area contributed by atoms with Crippen molar-refractivity contribution in [2.24, 2.45) is 0 Å². The third kappa shape index (κ3) is 5.60. The van der Waals surface area contributed by atoms with Crippen LogP contribution in [0.1, 0.15) is 49.7 Å². The molecule has 0 radical (unpaired) electrons. The zero-order valence-electron chi connectivity index (χ0n) is 15.8. The molecule has 1 aliphatic carbocycles. The molecule has 3 nitrogen and oxygen atoms in total. The molecular formula is C22H27ClFNO2. The van der Waals surface area contributed by atoms with Gasteiger partial charge in [0.15, 0.2) is 11.5 Å². The Balaban J connectivity index is 1.70. The predicted molar refractivity (Wildman–Crippen MR) is 107 cm³/mol. The minimum absolute atomic E-state index is 0.260. The van der Waals surface area contributed by atoms with Crippen LogP contribution in [0.3, 0.4) is 0 Å².